The Kier molecular flexibility index (Phi) is 5.58. The van der Waals surface area contributed by atoms with Crippen LogP contribution in [0.15, 0.2) is 48.5 Å². The third kappa shape index (κ3) is 3.61. The first kappa shape index (κ1) is 23.3. The van der Waals surface area contributed by atoms with Gasteiger partial charge in [-0.1, -0.05) is 24.3 Å². The lowest BCUT2D eigenvalue weighted by Gasteiger charge is -2.30. The summed E-state index contributed by atoms with van der Waals surface area (Å²) in [4.78, 5) is 74.8. The molecule has 2 saturated carbocycles. The van der Waals surface area contributed by atoms with Crippen molar-refractivity contribution in [3.8, 4) is 0 Å². The molecular weight excluding hydrogens is 472 g/mol. The van der Waals surface area contributed by atoms with Gasteiger partial charge < -0.3 is 0 Å². The number of nitro groups is 2. The minimum absolute atomic E-state index is 0.0111. The Morgan fingerprint density at radius 3 is 2.17 bits per heavy atom. The molecule has 3 fully saturated rings. The molecule has 2 bridgehead atoms. The number of para-hydroxylation sites is 1. The molecule has 0 radical (unpaired) electrons. The molecule has 2 aromatic rings. The molecule has 4 atom stereocenters. The van der Waals surface area contributed by atoms with Crippen molar-refractivity contribution in [2.45, 2.75) is 19.3 Å². The van der Waals surface area contributed by atoms with Crippen molar-refractivity contribution in [1.29, 1.82) is 0 Å². The van der Waals surface area contributed by atoms with Gasteiger partial charge in [0.25, 0.3) is 29.1 Å². The number of nitro benzene ring substituents is 2. The lowest BCUT2D eigenvalue weighted by molar-refractivity contribution is -0.385. The summed E-state index contributed by atoms with van der Waals surface area (Å²) < 4.78 is 0. The molecule has 184 valence electrons. The average molecular weight is 492 g/mol. The summed E-state index contributed by atoms with van der Waals surface area (Å²) in [5, 5.41) is 24.0. The molecular formula is C24H20N4O8. The van der Waals surface area contributed by atoms with E-state index in [-0.39, 0.29) is 23.1 Å². The molecule has 2 aliphatic carbocycles. The van der Waals surface area contributed by atoms with Gasteiger partial charge in [-0.3, -0.25) is 39.4 Å². The molecule has 0 unspecified atom stereocenters. The van der Waals surface area contributed by atoms with Gasteiger partial charge in [0.15, 0.2) is 5.78 Å². The van der Waals surface area contributed by atoms with Gasteiger partial charge in [-0.05, 0) is 37.2 Å². The largest absolute Gasteiger partial charge is 0.292 e. The predicted octanol–water partition coefficient (Wildman–Crippen LogP) is 2.77. The lowest BCUT2D eigenvalue weighted by atomic mass is 9.81. The fourth-order valence-electron chi connectivity index (χ4n) is 5.84. The van der Waals surface area contributed by atoms with E-state index in [4.69, 9.17) is 0 Å². The first-order valence-electron chi connectivity index (χ1n) is 11.4. The molecule has 1 aliphatic heterocycles. The van der Waals surface area contributed by atoms with Crippen LogP contribution < -0.4 is 0 Å². The number of nitrogens with zero attached hydrogens (tertiary/aromatic N) is 4. The Labute approximate surface area is 203 Å². The molecule has 36 heavy (non-hydrogen) atoms. The van der Waals surface area contributed by atoms with Gasteiger partial charge >= 0.3 is 0 Å². The van der Waals surface area contributed by atoms with E-state index in [2.05, 4.69) is 0 Å². The van der Waals surface area contributed by atoms with Crippen LogP contribution in [0.1, 0.15) is 40.0 Å². The second-order valence-corrected chi connectivity index (χ2v) is 9.24. The fourth-order valence-corrected chi connectivity index (χ4v) is 5.84. The van der Waals surface area contributed by atoms with Crippen LogP contribution >= 0.6 is 0 Å². The Morgan fingerprint density at radius 1 is 0.917 bits per heavy atom. The number of imide groups is 1. The van der Waals surface area contributed by atoms with Crippen molar-refractivity contribution in [2.75, 3.05) is 6.54 Å². The number of carbonyl (C=O) groups excluding carboxylic acids is 4. The zero-order chi connectivity index (χ0) is 25.7. The molecule has 2 aromatic carbocycles. The van der Waals surface area contributed by atoms with E-state index in [9.17, 15) is 39.4 Å². The van der Waals surface area contributed by atoms with E-state index >= 15 is 0 Å². The number of rotatable bonds is 7. The van der Waals surface area contributed by atoms with Crippen LogP contribution in [0.25, 0.3) is 0 Å². The lowest BCUT2D eigenvalue weighted by Crippen LogP contribution is -2.52. The standard InChI is InChI=1S/C24H20N4O8/c29-19(13-4-3-5-16(11-13)27(33)34)12-25(22(30)17-6-1-2-7-18(17)28(35)36)26-23(31)20-14-8-9-15(10-14)21(20)24(26)32/h1-7,11,14-15,20-21H,8-10,12H2/t14-,15-,20-,21-/m0/s1. The number of hydrogen-bond acceptors (Lipinski definition) is 8. The van der Waals surface area contributed by atoms with Gasteiger partial charge in [-0.15, -0.1) is 0 Å². The third-order valence-corrected chi connectivity index (χ3v) is 7.38. The normalized spacial score (nSPS) is 24.1. The number of carbonyl (C=O) groups is 4. The summed E-state index contributed by atoms with van der Waals surface area (Å²) in [5.41, 5.74) is -1.40. The minimum atomic E-state index is -1.06. The monoisotopic (exact) mass is 492 g/mol. The van der Waals surface area contributed by atoms with Gasteiger partial charge in [0.05, 0.1) is 21.7 Å². The molecule has 3 aliphatic rings. The van der Waals surface area contributed by atoms with Gasteiger partial charge in [0.2, 0.25) is 0 Å². The molecule has 1 saturated heterocycles. The van der Waals surface area contributed by atoms with Crippen molar-refractivity contribution < 1.29 is 29.0 Å². The highest BCUT2D eigenvalue weighted by atomic mass is 16.6. The second-order valence-electron chi connectivity index (χ2n) is 9.24. The number of hydrazine groups is 1. The van der Waals surface area contributed by atoms with Crippen molar-refractivity contribution in [2.24, 2.45) is 23.7 Å². The molecule has 12 nitrogen and oxygen atoms in total. The van der Waals surface area contributed by atoms with Crippen molar-refractivity contribution >= 4 is 34.9 Å². The maximum Gasteiger partial charge on any atom is 0.282 e. The first-order valence-corrected chi connectivity index (χ1v) is 11.4. The quantitative estimate of drug-likeness (QED) is 0.247. The Hall–Kier alpha value is -4.48. The topological polar surface area (TPSA) is 161 Å². The summed E-state index contributed by atoms with van der Waals surface area (Å²) in [6, 6.07) is 9.87. The van der Waals surface area contributed by atoms with Gasteiger partial charge in [0, 0.05) is 23.8 Å². The highest BCUT2D eigenvalue weighted by molar-refractivity contribution is 6.10. The second kappa shape index (κ2) is 8.63. The van der Waals surface area contributed by atoms with E-state index in [0.29, 0.717) is 10.0 Å². The fraction of sp³-hybridized carbons (Fsp3) is 0.333. The molecule has 3 amide bonds. The van der Waals surface area contributed by atoms with Crippen LogP contribution in [0.3, 0.4) is 0 Å². The number of fused-ring (bicyclic) bond motifs is 5. The van der Waals surface area contributed by atoms with E-state index < -0.39 is 63.0 Å². The minimum Gasteiger partial charge on any atom is -0.292 e. The van der Waals surface area contributed by atoms with Crippen LogP contribution in [-0.4, -0.2) is 49.9 Å². The Balaban J connectivity index is 1.54. The summed E-state index contributed by atoms with van der Waals surface area (Å²) >= 11 is 0. The maximum absolute atomic E-state index is 13.6. The molecule has 0 N–H and O–H groups in total. The van der Waals surface area contributed by atoms with Crippen LogP contribution in [-0.2, 0) is 9.59 Å². The smallest absolute Gasteiger partial charge is 0.282 e. The number of amides is 3. The molecule has 12 heteroatoms. The SMILES string of the molecule is O=C(CN(C(=O)c1ccccc1[N+](=O)[O-])N1C(=O)[C@H]2[C@H]3CC[C@@H](C3)[C@@H]2C1=O)c1cccc([N+](=O)[O-])c1. The van der Waals surface area contributed by atoms with Crippen LogP contribution in [0.2, 0.25) is 0 Å². The summed E-state index contributed by atoms with van der Waals surface area (Å²) in [6.45, 7) is -0.807. The molecule has 5 rings (SSSR count). The highest BCUT2D eigenvalue weighted by Crippen LogP contribution is 2.56. The number of non-ortho nitro benzene ring substituents is 1. The summed E-state index contributed by atoms with van der Waals surface area (Å²) in [5.74, 6) is -4.20. The van der Waals surface area contributed by atoms with E-state index in [1.807, 2.05) is 0 Å². The average Bonchev–Trinajstić information content (AvgIpc) is 3.56. The third-order valence-electron chi connectivity index (χ3n) is 7.38. The molecule has 0 aromatic heterocycles. The highest BCUT2D eigenvalue weighted by Gasteiger charge is 2.62. The summed E-state index contributed by atoms with van der Waals surface area (Å²) in [7, 11) is 0. The van der Waals surface area contributed by atoms with Crippen LogP contribution in [0, 0.1) is 43.9 Å². The van der Waals surface area contributed by atoms with E-state index in [1.165, 1.54) is 36.4 Å². The van der Waals surface area contributed by atoms with Gasteiger partial charge in [0.1, 0.15) is 12.1 Å². The van der Waals surface area contributed by atoms with Crippen molar-refractivity contribution in [1.82, 2.24) is 10.0 Å². The number of benzene rings is 2. The number of hydrogen-bond donors (Lipinski definition) is 0. The first-order chi connectivity index (χ1) is 17.2. The predicted molar refractivity (Wildman–Crippen MR) is 121 cm³/mol. The Bertz CT molecular complexity index is 1310. The van der Waals surface area contributed by atoms with Crippen molar-refractivity contribution in [3.63, 3.8) is 0 Å². The zero-order valence-corrected chi connectivity index (χ0v) is 18.8. The Morgan fingerprint density at radius 2 is 1.56 bits per heavy atom. The van der Waals surface area contributed by atoms with E-state index in [1.54, 1.807) is 0 Å². The number of ketones is 1. The zero-order valence-electron chi connectivity index (χ0n) is 18.8. The molecule has 1 heterocycles. The van der Waals surface area contributed by atoms with Gasteiger partial charge in [-0.25, -0.2) is 5.01 Å². The van der Waals surface area contributed by atoms with Crippen molar-refractivity contribution in [3.05, 3.63) is 79.9 Å². The van der Waals surface area contributed by atoms with Crippen LogP contribution in [0.4, 0.5) is 11.4 Å². The maximum atomic E-state index is 13.6. The number of Topliss-reactive ketones (excluding diaryl/α,β-unsaturated/α-hetero) is 1. The molecule has 0 spiro atoms. The van der Waals surface area contributed by atoms with E-state index in [0.717, 1.165) is 31.4 Å². The summed E-state index contributed by atoms with van der Waals surface area (Å²) in [6.07, 6.45) is 2.35. The van der Waals surface area contributed by atoms with Crippen LogP contribution in [0.5, 0.6) is 0 Å². The van der Waals surface area contributed by atoms with Gasteiger partial charge in [-0.2, -0.15) is 5.01 Å².